The Labute approximate surface area is 226 Å². The molecule has 3 aromatic rings. The van der Waals surface area contributed by atoms with E-state index in [1.165, 1.54) is 12.1 Å². The minimum Gasteiger partial charge on any atom is -0.369 e. The van der Waals surface area contributed by atoms with E-state index in [9.17, 15) is 8.42 Å². The quantitative estimate of drug-likeness (QED) is 0.382. The molecule has 2 aliphatic rings. The van der Waals surface area contributed by atoms with E-state index in [4.69, 9.17) is 11.6 Å². The predicted octanol–water partition coefficient (Wildman–Crippen LogP) is 5.46. The van der Waals surface area contributed by atoms with Crippen LogP contribution >= 0.6 is 11.6 Å². The summed E-state index contributed by atoms with van der Waals surface area (Å²) >= 11 is 6.01. The van der Waals surface area contributed by atoms with Gasteiger partial charge >= 0.3 is 0 Å². The molecule has 1 unspecified atom stereocenters. The average molecular weight is 538 g/mol. The molecule has 0 saturated carbocycles. The van der Waals surface area contributed by atoms with Gasteiger partial charge in [0.15, 0.2) is 9.84 Å². The molecular formula is C30H36ClN3O2S. The molecule has 0 radical (unpaired) electrons. The van der Waals surface area contributed by atoms with Gasteiger partial charge in [-0.3, -0.25) is 9.80 Å². The van der Waals surface area contributed by atoms with E-state index in [0.717, 1.165) is 69.8 Å². The first-order chi connectivity index (χ1) is 18.0. The third-order valence-electron chi connectivity index (χ3n) is 7.67. The fourth-order valence-corrected chi connectivity index (χ4v) is 7.22. The van der Waals surface area contributed by atoms with Gasteiger partial charge in [0.05, 0.1) is 10.6 Å². The number of benzene rings is 3. The number of hydrogen-bond acceptors (Lipinski definition) is 5. The highest BCUT2D eigenvalue weighted by Crippen LogP contribution is 2.25. The maximum atomic E-state index is 13.6. The lowest BCUT2D eigenvalue weighted by Gasteiger charge is -2.41. The first-order valence-electron chi connectivity index (χ1n) is 13.3. The van der Waals surface area contributed by atoms with Crippen LogP contribution in [0.5, 0.6) is 0 Å². The molecule has 2 heterocycles. The number of likely N-dealkylation sites (tertiary alicyclic amines) is 1. The normalized spacial score (nSPS) is 18.6. The molecule has 0 spiro atoms. The number of sulfone groups is 1. The first-order valence-corrected chi connectivity index (χ1v) is 15.4. The van der Waals surface area contributed by atoms with Crippen molar-refractivity contribution < 1.29 is 8.42 Å². The van der Waals surface area contributed by atoms with E-state index < -0.39 is 9.84 Å². The summed E-state index contributed by atoms with van der Waals surface area (Å²) in [4.78, 5) is 7.71. The minimum absolute atomic E-state index is 0.00418. The third kappa shape index (κ3) is 6.74. The van der Waals surface area contributed by atoms with E-state index in [1.807, 2.05) is 36.4 Å². The molecule has 2 saturated heterocycles. The van der Waals surface area contributed by atoms with Crippen molar-refractivity contribution in [3.05, 3.63) is 83.9 Å². The first kappa shape index (κ1) is 26.2. The van der Waals surface area contributed by atoms with Crippen molar-refractivity contribution in [3.8, 4) is 11.1 Å². The fraction of sp³-hybridized carbons (Fsp3) is 0.400. The molecule has 1 atom stereocenters. The summed E-state index contributed by atoms with van der Waals surface area (Å²) in [6.45, 7) is 6.61. The number of piperidine rings is 1. The van der Waals surface area contributed by atoms with Crippen molar-refractivity contribution in [1.29, 1.82) is 0 Å². The van der Waals surface area contributed by atoms with Crippen LogP contribution < -0.4 is 4.90 Å². The van der Waals surface area contributed by atoms with Gasteiger partial charge < -0.3 is 4.90 Å². The summed E-state index contributed by atoms with van der Waals surface area (Å²) in [7, 11) is -3.42. The largest absolute Gasteiger partial charge is 0.369 e. The SMILES string of the molecule is O=S(=O)(CC(CN1CCN(c2ccccc2)CC1)N1CCCCC1)c1ccc(-c2ccc(Cl)cc2)cc1. The van der Waals surface area contributed by atoms with Crippen molar-refractivity contribution in [2.45, 2.75) is 30.2 Å². The van der Waals surface area contributed by atoms with Crippen molar-refractivity contribution in [2.24, 2.45) is 0 Å². The lowest BCUT2D eigenvalue weighted by Crippen LogP contribution is -2.54. The zero-order valence-electron chi connectivity index (χ0n) is 21.3. The van der Waals surface area contributed by atoms with Gasteiger partial charge in [0.25, 0.3) is 0 Å². The summed E-state index contributed by atoms with van der Waals surface area (Å²) in [6, 6.07) is 25.5. The number of hydrogen-bond donors (Lipinski definition) is 0. The average Bonchev–Trinajstić information content (AvgIpc) is 2.94. The standard InChI is InChI=1S/C30H36ClN3O2S/c31-27-13-9-25(10-14-27)26-11-15-30(16-12-26)37(35,36)24-29(33-17-5-2-6-18-33)23-32-19-21-34(22-20-32)28-7-3-1-4-8-28/h1,3-4,7-16,29H,2,5-6,17-24H2. The second-order valence-electron chi connectivity index (χ2n) is 10.2. The van der Waals surface area contributed by atoms with Crippen LogP contribution in [0.3, 0.4) is 0 Å². The summed E-state index contributed by atoms with van der Waals surface area (Å²) < 4.78 is 27.2. The molecule has 2 fully saturated rings. The molecule has 37 heavy (non-hydrogen) atoms. The molecule has 0 aromatic heterocycles. The number of halogens is 1. The fourth-order valence-electron chi connectivity index (χ4n) is 5.53. The van der Waals surface area contributed by atoms with Gasteiger partial charge in [-0.2, -0.15) is 0 Å². The van der Waals surface area contributed by atoms with Crippen LogP contribution in [0, 0.1) is 0 Å². The van der Waals surface area contributed by atoms with Crippen LogP contribution in [0.15, 0.2) is 83.8 Å². The molecule has 0 amide bonds. The maximum Gasteiger partial charge on any atom is 0.179 e. The lowest BCUT2D eigenvalue weighted by atomic mass is 10.1. The van der Waals surface area contributed by atoms with Crippen molar-refractivity contribution >= 4 is 27.1 Å². The molecule has 5 rings (SSSR count). The van der Waals surface area contributed by atoms with Gasteiger partial charge in [0.2, 0.25) is 0 Å². The number of para-hydroxylation sites is 1. The molecule has 3 aromatic carbocycles. The third-order valence-corrected chi connectivity index (χ3v) is 9.74. The van der Waals surface area contributed by atoms with Crippen LogP contribution in [-0.2, 0) is 9.84 Å². The Balaban J connectivity index is 1.26. The van der Waals surface area contributed by atoms with Crippen LogP contribution in [-0.4, -0.2) is 75.8 Å². The Kier molecular flexibility index (Phi) is 8.50. The molecule has 0 bridgehead atoms. The lowest BCUT2D eigenvalue weighted by molar-refractivity contribution is 0.126. The van der Waals surface area contributed by atoms with Crippen molar-refractivity contribution in [3.63, 3.8) is 0 Å². The highest BCUT2D eigenvalue weighted by Gasteiger charge is 2.30. The smallest absolute Gasteiger partial charge is 0.179 e. The Morgan fingerprint density at radius 2 is 1.30 bits per heavy atom. The second-order valence-corrected chi connectivity index (χ2v) is 12.7. The van der Waals surface area contributed by atoms with E-state index in [-0.39, 0.29) is 11.8 Å². The van der Waals surface area contributed by atoms with Crippen LogP contribution in [0.2, 0.25) is 5.02 Å². The zero-order chi connectivity index (χ0) is 25.7. The monoisotopic (exact) mass is 537 g/mol. The predicted molar refractivity (Wildman–Crippen MR) is 153 cm³/mol. The molecule has 5 nitrogen and oxygen atoms in total. The summed E-state index contributed by atoms with van der Waals surface area (Å²) in [5.41, 5.74) is 3.27. The van der Waals surface area contributed by atoms with Gasteiger partial charge in [-0.25, -0.2) is 8.42 Å². The van der Waals surface area contributed by atoms with E-state index >= 15 is 0 Å². The molecule has 0 N–H and O–H groups in total. The molecule has 0 aliphatic carbocycles. The molecular weight excluding hydrogens is 502 g/mol. The Bertz CT molecular complexity index is 1240. The van der Waals surface area contributed by atoms with Crippen LogP contribution in [0.25, 0.3) is 11.1 Å². The topological polar surface area (TPSA) is 43.9 Å². The highest BCUT2D eigenvalue weighted by atomic mass is 35.5. The molecule has 2 aliphatic heterocycles. The Morgan fingerprint density at radius 3 is 1.92 bits per heavy atom. The minimum atomic E-state index is -3.42. The van der Waals surface area contributed by atoms with E-state index in [0.29, 0.717) is 9.92 Å². The summed E-state index contributed by atoms with van der Waals surface area (Å²) in [6.07, 6.45) is 3.53. The van der Waals surface area contributed by atoms with Crippen LogP contribution in [0.4, 0.5) is 5.69 Å². The summed E-state index contributed by atoms with van der Waals surface area (Å²) in [5, 5.41) is 0.688. The zero-order valence-corrected chi connectivity index (χ0v) is 22.9. The number of anilines is 1. The van der Waals surface area contributed by atoms with Crippen molar-refractivity contribution in [1.82, 2.24) is 9.80 Å². The van der Waals surface area contributed by atoms with Gasteiger partial charge in [0.1, 0.15) is 0 Å². The summed E-state index contributed by atoms with van der Waals surface area (Å²) in [5.74, 6) is 0.159. The van der Waals surface area contributed by atoms with Crippen LogP contribution in [0.1, 0.15) is 19.3 Å². The van der Waals surface area contributed by atoms with E-state index in [2.05, 4.69) is 45.0 Å². The second kappa shape index (κ2) is 12.0. The number of nitrogens with zero attached hydrogens (tertiary/aromatic N) is 3. The van der Waals surface area contributed by atoms with Gasteiger partial charge in [-0.15, -0.1) is 0 Å². The van der Waals surface area contributed by atoms with Crippen molar-refractivity contribution in [2.75, 3.05) is 56.5 Å². The van der Waals surface area contributed by atoms with E-state index in [1.54, 1.807) is 12.1 Å². The number of rotatable bonds is 8. The highest BCUT2D eigenvalue weighted by molar-refractivity contribution is 7.91. The van der Waals surface area contributed by atoms with Gasteiger partial charge in [-0.05, 0) is 73.5 Å². The molecule has 7 heteroatoms. The number of piperazine rings is 1. The van der Waals surface area contributed by atoms with Gasteiger partial charge in [0, 0.05) is 49.5 Å². The van der Waals surface area contributed by atoms with Gasteiger partial charge in [-0.1, -0.05) is 60.5 Å². The maximum absolute atomic E-state index is 13.6. The Hall–Kier alpha value is -2.38. The Morgan fingerprint density at radius 1 is 0.703 bits per heavy atom. The molecule has 196 valence electrons.